The van der Waals surface area contributed by atoms with Crippen molar-refractivity contribution in [1.82, 2.24) is 0 Å². The standard InChI is InChI=1S/C19H22O3/c1-14-9-10-15(2)17(11-14)22-13-19(3,18(20)21)12-16-7-5-4-6-8-16/h4-11H,12-13H2,1-3H3,(H,20,21). The van der Waals surface area contributed by atoms with Crippen molar-refractivity contribution >= 4 is 5.97 Å². The van der Waals surface area contributed by atoms with Gasteiger partial charge >= 0.3 is 5.97 Å². The van der Waals surface area contributed by atoms with Crippen LogP contribution in [0, 0.1) is 19.3 Å². The van der Waals surface area contributed by atoms with E-state index in [1.54, 1.807) is 6.92 Å². The van der Waals surface area contributed by atoms with Crippen molar-refractivity contribution in [3.63, 3.8) is 0 Å². The quantitative estimate of drug-likeness (QED) is 0.876. The molecule has 3 nitrogen and oxygen atoms in total. The summed E-state index contributed by atoms with van der Waals surface area (Å²) < 4.78 is 5.84. The highest BCUT2D eigenvalue weighted by Crippen LogP contribution is 2.27. The van der Waals surface area contributed by atoms with E-state index in [4.69, 9.17) is 4.74 Å². The molecule has 0 heterocycles. The number of aliphatic carboxylic acids is 1. The molecule has 0 aromatic heterocycles. The van der Waals surface area contributed by atoms with Gasteiger partial charge in [0.1, 0.15) is 17.8 Å². The van der Waals surface area contributed by atoms with Crippen LogP contribution in [-0.4, -0.2) is 17.7 Å². The Morgan fingerprint density at radius 1 is 1.14 bits per heavy atom. The first-order chi connectivity index (χ1) is 10.4. The smallest absolute Gasteiger partial charge is 0.313 e. The molecular weight excluding hydrogens is 276 g/mol. The maximum absolute atomic E-state index is 11.7. The highest BCUT2D eigenvalue weighted by atomic mass is 16.5. The Morgan fingerprint density at radius 2 is 1.82 bits per heavy atom. The van der Waals surface area contributed by atoms with E-state index in [1.807, 2.05) is 62.4 Å². The Hall–Kier alpha value is -2.29. The Labute approximate surface area is 131 Å². The van der Waals surface area contributed by atoms with Crippen LogP contribution >= 0.6 is 0 Å². The zero-order valence-electron chi connectivity index (χ0n) is 13.3. The van der Waals surface area contributed by atoms with E-state index in [0.29, 0.717) is 6.42 Å². The molecule has 0 aliphatic rings. The van der Waals surface area contributed by atoms with Crippen molar-refractivity contribution in [2.45, 2.75) is 27.2 Å². The number of benzene rings is 2. The van der Waals surface area contributed by atoms with Crippen LogP contribution in [0.25, 0.3) is 0 Å². The zero-order valence-corrected chi connectivity index (χ0v) is 13.3. The molecule has 0 aliphatic carbocycles. The van der Waals surface area contributed by atoms with Crippen molar-refractivity contribution in [2.24, 2.45) is 5.41 Å². The number of ether oxygens (including phenoxy) is 1. The topological polar surface area (TPSA) is 46.5 Å². The van der Waals surface area contributed by atoms with Gasteiger partial charge in [0, 0.05) is 0 Å². The second kappa shape index (κ2) is 6.65. The van der Waals surface area contributed by atoms with E-state index < -0.39 is 11.4 Å². The largest absolute Gasteiger partial charge is 0.492 e. The number of carboxylic acid groups (broad SMARTS) is 1. The molecule has 0 radical (unpaired) electrons. The van der Waals surface area contributed by atoms with E-state index in [2.05, 4.69) is 0 Å². The zero-order chi connectivity index (χ0) is 16.2. The van der Waals surface area contributed by atoms with Gasteiger partial charge in [0.05, 0.1) is 0 Å². The van der Waals surface area contributed by atoms with Crippen LogP contribution in [0.4, 0.5) is 0 Å². The predicted molar refractivity (Wildman–Crippen MR) is 87.3 cm³/mol. The summed E-state index contributed by atoms with van der Waals surface area (Å²) in [6.45, 7) is 5.83. The SMILES string of the molecule is Cc1ccc(C)c(OCC(C)(Cc2ccccc2)C(=O)O)c1. The molecule has 1 atom stereocenters. The molecule has 0 fully saturated rings. The third kappa shape index (κ3) is 3.88. The van der Waals surface area contributed by atoms with Crippen LogP contribution in [0.15, 0.2) is 48.5 Å². The fourth-order valence-electron chi connectivity index (χ4n) is 2.33. The van der Waals surface area contributed by atoms with Gasteiger partial charge in [-0.2, -0.15) is 0 Å². The van der Waals surface area contributed by atoms with Gasteiger partial charge in [-0.15, -0.1) is 0 Å². The van der Waals surface area contributed by atoms with Crippen molar-refractivity contribution in [3.05, 3.63) is 65.2 Å². The van der Waals surface area contributed by atoms with Gasteiger partial charge in [0.25, 0.3) is 0 Å². The van der Waals surface area contributed by atoms with Gasteiger partial charge in [0.15, 0.2) is 0 Å². The lowest BCUT2D eigenvalue weighted by Gasteiger charge is -2.25. The van der Waals surface area contributed by atoms with Crippen molar-refractivity contribution in [2.75, 3.05) is 6.61 Å². The summed E-state index contributed by atoms with van der Waals surface area (Å²) in [6.07, 6.45) is 0.439. The van der Waals surface area contributed by atoms with Gasteiger partial charge in [-0.25, -0.2) is 0 Å². The number of carboxylic acids is 1. The van der Waals surface area contributed by atoms with Crippen LogP contribution in [0.1, 0.15) is 23.6 Å². The molecule has 1 N–H and O–H groups in total. The van der Waals surface area contributed by atoms with E-state index in [0.717, 1.165) is 22.4 Å². The van der Waals surface area contributed by atoms with Crippen LogP contribution < -0.4 is 4.74 Å². The molecule has 2 aromatic rings. The molecule has 2 aromatic carbocycles. The Kier molecular flexibility index (Phi) is 4.86. The Bertz CT molecular complexity index is 649. The number of carbonyl (C=O) groups is 1. The lowest BCUT2D eigenvalue weighted by molar-refractivity contribution is -0.149. The summed E-state index contributed by atoms with van der Waals surface area (Å²) in [7, 11) is 0. The number of hydrogen-bond acceptors (Lipinski definition) is 2. The van der Waals surface area contributed by atoms with E-state index in [9.17, 15) is 9.90 Å². The molecular formula is C19H22O3. The first-order valence-electron chi connectivity index (χ1n) is 7.38. The second-order valence-electron chi connectivity index (χ2n) is 6.09. The summed E-state index contributed by atoms with van der Waals surface area (Å²) in [5.41, 5.74) is 2.15. The normalized spacial score (nSPS) is 13.4. The number of aryl methyl sites for hydroxylation is 2. The maximum Gasteiger partial charge on any atom is 0.313 e. The van der Waals surface area contributed by atoms with Crippen LogP contribution in [0.2, 0.25) is 0 Å². The van der Waals surface area contributed by atoms with E-state index in [-0.39, 0.29) is 6.61 Å². The number of rotatable bonds is 6. The summed E-state index contributed by atoms with van der Waals surface area (Å²) >= 11 is 0. The molecule has 22 heavy (non-hydrogen) atoms. The molecule has 1 unspecified atom stereocenters. The van der Waals surface area contributed by atoms with Crippen molar-refractivity contribution in [3.8, 4) is 5.75 Å². The van der Waals surface area contributed by atoms with Crippen LogP contribution in [0.3, 0.4) is 0 Å². The molecule has 116 valence electrons. The Balaban J connectivity index is 2.15. The molecule has 0 bridgehead atoms. The third-order valence-electron chi connectivity index (χ3n) is 3.84. The molecule has 2 rings (SSSR count). The lowest BCUT2D eigenvalue weighted by atomic mass is 9.84. The van der Waals surface area contributed by atoms with Gasteiger partial charge < -0.3 is 9.84 Å². The first kappa shape index (κ1) is 16.1. The van der Waals surface area contributed by atoms with Gasteiger partial charge in [0.2, 0.25) is 0 Å². The summed E-state index contributed by atoms with van der Waals surface area (Å²) in [6, 6.07) is 15.6. The monoisotopic (exact) mass is 298 g/mol. The molecule has 0 amide bonds. The summed E-state index contributed by atoms with van der Waals surface area (Å²) in [4.78, 5) is 11.7. The summed E-state index contributed by atoms with van der Waals surface area (Å²) in [5, 5.41) is 9.62. The maximum atomic E-state index is 11.7. The first-order valence-corrected chi connectivity index (χ1v) is 7.38. The molecule has 0 saturated carbocycles. The molecule has 0 saturated heterocycles. The van der Waals surface area contributed by atoms with Crippen molar-refractivity contribution in [1.29, 1.82) is 0 Å². The highest BCUT2D eigenvalue weighted by Gasteiger charge is 2.34. The second-order valence-corrected chi connectivity index (χ2v) is 6.09. The van der Waals surface area contributed by atoms with Gasteiger partial charge in [-0.1, -0.05) is 42.5 Å². The van der Waals surface area contributed by atoms with Crippen molar-refractivity contribution < 1.29 is 14.6 Å². The minimum Gasteiger partial charge on any atom is -0.492 e. The highest BCUT2D eigenvalue weighted by molar-refractivity contribution is 5.74. The predicted octanol–water partition coefficient (Wildman–Crippen LogP) is 4.02. The van der Waals surface area contributed by atoms with Crippen LogP contribution in [-0.2, 0) is 11.2 Å². The summed E-state index contributed by atoms with van der Waals surface area (Å²) in [5.74, 6) is -0.0952. The fourth-order valence-corrected chi connectivity index (χ4v) is 2.33. The Morgan fingerprint density at radius 3 is 2.45 bits per heavy atom. The van der Waals surface area contributed by atoms with E-state index in [1.165, 1.54) is 0 Å². The van der Waals surface area contributed by atoms with Gasteiger partial charge in [-0.05, 0) is 49.9 Å². The van der Waals surface area contributed by atoms with Crippen LogP contribution in [0.5, 0.6) is 5.75 Å². The van der Waals surface area contributed by atoms with Gasteiger partial charge in [-0.3, -0.25) is 4.79 Å². The average Bonchev–Trinajstić information content (AvgIpc) is 2.49. The molecule has 0 spiro atoms. The molecule has 3 heteroatoms. The average molecular weight is 298 g/mol. The fraction of sp³-hybridized carbons (Fsp3) is 0.316. The minimum absolute atomic E-state index is 0.140. The minimum atomic E-state index is -0.961. The number of hydrogen-bond donors (Lipinski definition) is 1. The molecule has 0 aliphatic heterocycles. The third-order valence-corrected chi connectivity index (χ3v) is 3.84. The lowest BCUT2D eigenvalue weighted by Crippen LogP contribution is -2.36. The van der Waals surface area contributed by atoms with E-state index >= 15 is 0 Å².